The van der Waals surface area contributed by atoms with E-state index in [4.69, 9.17) is 4.74 Å². The Hall–Kier alpha value is -0.120. The van der Waals surface area contributed by atoms with Gasteiger partial charge in [-0.1, -0.05) is 27.7 Å². The summed E-state index contributed by atoms with van der Waals surface area (Å²) in [6.45, 7) is 12.5. The zero-order chi connectivity index (χ0) is 12.8. The molecule has 3 nitrogen and oxygen atoms in total. The van der Waals surface area contributed by atoms with Gasteiger partial charge in [-0.2, -0.15) is 0 Å². The summed E-state index contributed by atoms with van der Waals surface area (Å²) in [7, 11) is 1.84. The summed E-state index contributed by atoms with van der Waals surface area (Å²) in [6, 6.07) is 1.20. The van der Waals surface area contributed by atoms with E-state index < -0.39 is 0 Å². The molecule has 0 aromatic heterocycles. The smallest absolute Gasteiger partial charge is 0.0698 e. The van der Waals surface area contributed by atoms with Crippen LogP contribution in [0.4, 0.5) is 0 Å². The van der Waals surface area contributed by atoms with E-state index in [1.807, 2.05) is 7.11 Å². The fourth-order valence-electron chi connectivity index (χ4n) is 2.60. The van der Waals surface area contributed by atoms with Gasteiger partial charge in [-0.3, -0.25) is 4.90 Å². The Labute approximate surface area is 107 Å². The number of hydrogen-bond acceptors (Lipinski definition) is 3. The van der Waals surface area contributed by atoms with E-state index in [1.54, 1.807) is 0 Å². The monoisotopic (exact) mass is 242 g/mol. The number of methoxy groups -OCH3 is 1. The van der Waals surface area contributed by atoms with E-state index >= 15 is 0 Å². The van der Waals surface area contributed by atoms with Crippen LogP contribution in [0.1, 0.15) is 40.5 Å². The molecule has 102 valence electrons. The van der Waals surface area contributed by atoms with E-state index in [9.17, 15) is 0 Å². The van der Waals surface area contributed by atoms with Gasteiger partial charge in [-0.05, 0) is 25.3 Å². The zero-order valence-electron chi connectivity index (χ0n) is 12.2. The predicted molar refractivity (Wildman–Crippen MR) is 73.4 cm³/mol. The molecule has 0 aliphatic carbocycles. The van der Waals surface area contributed by atoms with Gasteiger partial charge >= 0.3 is 0 Å². The van der Waals surface area contributed by atoms with Gasteiger partial charge in [0.25, 0.3) is 0 Å². The molecule has 1 saturated heterocycles. The van der Waals surface area contributed by atoms with Crippen molar-refractivity contribution in [2.45, 2.75) is 58.7 Å². The highest BCUT2D eigenvalue weighted by molar-refractivity contribution is 4.83. The summed E-state index contributed by atoms with van der Waals surface area (Å²) in [4.78, 5) is 2.61. The van der Waals surface area contributed by atoms with Gasteiger partial charge < -0.3 is 10.1 Å². The topological polar surface area (TPSA) is 24.5 Å². The van der Waals surface area contributed by atoms with Crippen molar-refractivity contribution < 1.29 is 4.74 Å². The Bertz CT molecular complexity index is 206. The van der Waals surface area contributed by atoms with E-state index in [1.165, 1.54) is 19.4 Å². The van der Waals surface area contributed by atoms with E-state index in [2.05, 4.69) is 37.9 Å². The lowest BCUT2D eigenvalue weighted by Crippen LogP contribution is -2.52. The van der Waals surface area contributed by atoms with Gasteiger partial charge in [-0.15, -0.1) is 0 Å². The molecule has 0 bridgehead atoms. The molecule has 0 aromatic rings. The van der Waals surface area contributed by atoms with Gasteiger partial charge in [0.15, 0.2) is 0 Å². The highest BCUT2D eigenvalue weighted by Crippen LogP contribution is 2.19. The normalized spacial score (nSPS) is 24.5. The fraction of sp³-hybridized carbons (Fsp3) is 1.00. The van der Waals surface area contributed by atoms with Crippen LogP contribution in [-0.2, 0) is 4.74 Å². The molecule has 2 unspecified atom stereocenters. The molecule has 17 heavy (non-hydrogen) atoms. The van der Waals surface area contributed by atoms with Crippen molar-refractivity contribution in [3.05, 3.63) is 0 Å². The molecule has 0 spiro atoms. The van der Waals surface area contributed by atoms with Crippen molar-refractivity contribution in [1.29, 1.82) is 0 Å². The number of likely N-dealkylation sites (tertiary alicyclic amines) is 1. The van der Waals surface area contributed by atoms with Crippen LogP contribution in [0.2, 0.25) is 0 Å². The van der Waals surface area contributed by atoms with Crippen molar-refractivity contribution >= 4 is 0 Å². The highest BCUT2D eigenvalue weighted by atomic mass is 16.5. The summed E-state index contributed by atoms with van der Waals surface area (Å²) >= 11 is 0. The largest absolute Gasteiger partial charge is 0.380 e. The Morgan fingerprint density at radius 3 is 2.53 bits per heavy atom. The molecule has 2 atom stereocenters. The average Bonchev–Trinajstić information content (AvgIpc) is 2.28. The molecule has 0 saturated carbocycles. The number of piperidine rings is 1. The van der Waals surface area contributed by atoms with Gasteiger partial charge in [-0.25, -0.2) is 0 Å². The second-order valence-corrected chi connectivity index (χ2v) is 5.87. The van der Waals surface area contributed by atoms with Crippen LogP contribution in [0, 0.1) is 5.92 Å². The number of nitrogens with one attached hydrogen (secondary N) is 1. The van der Waals surface area contributed by atoms with Crippen molar-refractivity contribution in [1.82, 2.24) is 10.2 Å². The van der Waals surface area contributed by atoms with E-state index in [0.29, 0.717) is 24.1 Å². The minimum absolute atomic E-state index is 0.434. The van der Waals surface area contributed by atoms with Gasteiger partial charge in [0.05, 0.1) is 6.10 Å². The standard InChI is InChI=1S/C14H30N2O/c1-11(2)14(9-15-12(3)4)16-8-6-7-13(10-16)17-5/h11-15H,6-10H2,1-5H3. The minimum Gasteiger partial charge on any atom is -0.380 e. The van der Waals surface area contributed by atoms with Crippen molar-refractivity contribution in [3.63, 3.8) is 0 Å². The molecule has 1 N–H and O–H groups in total. The Morgan fingerprint density at radius 1 is 1.29 bits per heavy atom. The van der Waals surface area contributed by atoms with Crippen molar-refractivity contribution in [2.24, 2.45) is 5.92 Å². The Morgan fingerprint density at radius 2 is 2.00 bits per heavy atom. The second-order valence-electron chi connectivity index (χ2n) is 5.87. The van der Waals surface area contributed by atoms with Gasteiger partial charge in [0, 0.05) is 32.3 Å². The van der Waals surface area contributed by atoms with Crippen molar-refractivity contribution in [2.75, 3.05) is 26.7 Å². The summed E-state index contributed by atoms with van der Waals surface area (Å²) in [5.41, 5.74) is 0. The maximum atomic E-state index is 5.51. The third-order valence-electron chi connectivity index (χ3n) is 3.72. The SMILES string of the molecule is COC1CCCN(C(CNC(C)C)C(C)C)C1. The third kappa shape index (κ3) is 4.94. The first-order chi connectivity index (χ1) is 8.04. The number of rotatable bonds is 6. The van der Waals surface area contributed by atoms with Crippen LogP contribution in [0.25, 0.3) is 0 Å². The molecule has 1 fully saturated rings. The van der Waals surface area contributed by atoms with Crippen LogP contribution in [-0.4, -0.2) is 49.8 Å². The second kappa shape index (κ2) is 7.34. The molecule has 1 rings (SSSR count). The van der Waals surface area contributed by atoms with E-state index in [0.717, 1.165) is 13.1 Å². The van der Waals surface area contributed by atoms with Crippen molar-refractivity contribution in [3.8, 4) is 0 Å². The first-order valence-corrected chi connectivity index (χ1v) is 7.04. The zero-order valence-corrected chi connectivity index (χ0v) is 12.2. The molecule has 0 radical (unpaired) electrons. The number of ether oxygens (including phenoxy) is 1. The summed E-state index contributed by atoms with van der Waals surface area (Å²) in [6.07, 6.45) is 2.92. The lowest BCUT2D eigenvalue weighted by molar-refractivity contribution is 0.00569. The molecule has 3 heteroatoms. The molecule has 1 aliphatic rings. The Kier molecular flexibility index (Phi) is 6.45. The Balaban J connectivity index is 2.50. The first-order valence-electron chi connectivity index (χ1n) is 7.04. The summed E-state index contributed by atoms with van der Waals surface area (Å²) in [5, 5.41) is 3.57. The maximum Gasteiger partial charge on any atom is 0.0698 e. The predicted octanol–water partition coefficient (Wildman–Crippen LogP) is 2.12. The summed E-state index contributed by atoms with van der Waals surface area (Å²) < 4.78 is 5.51. The van der Waals surface area contributed by atoms with Crippen LogP contribution >= 0.6 is 0 Å². The summed E-state index contributed by atoms with van der Waals surface area (Å²) in [5.74, 6) is 0.692. The molecular weight excluding hydrogens is 212 g/mol. The fourth-order valence-corrected chi connectivity index (χ4v) is 2.60. The number of nitrogens with zero attached hydrogens (tertiary/aromatic N) is 1. The van der Waals surface area contributed by atoms with Crippen LogP contribution in [0.5, 0.6) is 0 Å². The molecule has 1 aliphatic heterocycles. The van der Waals surface area contributed by atoms with Crippen LogP contribution in [0.3, 0.4) is 0 Å². The van der Waals surface area contributed by atoms with Crippen LogP contribution in [0.15, 0.2) is 0 Å². The van der Waals surface area contributed by atoms with E-state index in [-0.39, 0.29) is 0 Å². The van der Waals surface area contributed by atoms with Crippen LogP contribution < -0.4 is 5.32 Å². The lowest BCUT2D eigenvalue weighted by Gasteiger charge is -2.40. The number of hydrogen-bond donors (Lipinski definition) is 1. The lowest BCUT2D eigenvalue weighted by atomic mass is 9.98. The molecule has 0 aromatic carbocycles. The minimum atomic E-state index is 0.434. The third-order valence-corrected chi connectivity index (χ3v) is 3.72. The molecule has 0 amide bonds. The average molecular weight is 242 g/mol. The highest BCUT2D eigenvalue weighted by Gasteiger charge is 2.27. The van der Waals surface area contributed by atoms with Gasteiger partial charge in [0.1, 0.15) is 0 Å². The first kappa shape index (κ1) is 14.9. The molecular formula is C14H30N2O. The quantitative estimate of drug-likeness (QED) is 0.772. The van der Waals surface area contributed by atoms with Gasteiger partial charge in [0.2, 0.25) is 0 Å². The maximum absolute atomic E-state index is 5.51. The molecule has 1 heterocycles.